The molecular weight excluding hydrogens is 319 g/mol. The number of hydrogen-bond acceptors (Lipinski definition) is 2. The van der Waals surface area contributed by atoms with E-state index >= 15 is 0 Å². The number of carbonyl (C=O) groups excluding carboxylic acids is 1. The number of halogens is 2. The molecule has 0 fully saturated rings. The Morgan fingerprint density at radius 3 is 2.36 bits per heavy atom. The molecule has 3 nitrogen and oxygen atoms in total. The summed E-state index contributed by atoms with van der Waals surface area (Å²) in [7, 11) is 0. The highest BCUT2D eigenvalue weighted by molar-refractivity contribution is 6.35. The van der Waals surface area contributed by atoms with Gasteiger partial charge in [0.1, 0.15) is 0 Å². The van der Waals surface area contributed by atoms with Gasteiger partial charge >= 0.3 is 0 Å². The second kappa shape index (κ2) is 6.84. The minimum Gasteiger partial charge on any atom is -0.272 e. The van der Waals surface area contributed by atoms with Crippen LogP contribution in [0.4, 0.5) is 5.69 Å². The van der Waals surface area contributed by atoms with Gasteiger partial charge in [0.25, 0.3) is 5.91 Å². The SMILES string of the molecule is C=CCC(CC)(CC)C1=NN(c2cc(Cl)cc(Cl)c2)C(=O)C1. The van der Waals surface area contributed by atoms with Gasteiger partial charge < -0.3 is 0 Å². The molecule has 0 atom stereocenters. The van der Waals surface area contributed by atoms with Gasteiger partial charge in [0, 0.05) is 15.5 Å². The lowest BCUT2D eigenvalue weighted by Gasteiger charge is -2.30. The molecule has 1 aromatic carbocycles. The number of rotatable bonds is 6. The van der Waals surface area contributed by atoms with Crippen molar-refractivity contribution in [2.75, 3.05) is 5.01 Å². The van der Waals surface area contributed by atoms with Crippen LogP contribution in [0, 0.1) is 5.41 Å². The molecule has 0 spiro atoms. The van der Waals surface area contributed by atoms with E-state index in [1.54, 1.807) is 18.2 Å². The van der Waals surface area contributed by atoms with Crippen LogP contribution in [0.1, 0.15) is 39.5 Å². The molecule has 0 saturated carbocycles. The average Bonchev–Trinajstić information content (AvgIpc) is 2.86. The Balaban J connectivity index is 2.41. The maximum Gasteiger partial charge on any atom is 0.253 e. The van der Waals surface area contributed by atoms with Crippen molar-refractivity contribution in [3.8, 4) is 0 Å². The lowest BCUT2D eigenvalue weighted by Crippen LogP contribution is -2.28. The van der Waals surface area contributed by atoms with E-state index in [4.69, 9.17) is 23.2 Å². The molecule has 0 saturated heterocycles. The van der Waals surface area contributed by atoms with Crippen LogP contribution in [0.5, 0.6) is 0 Å². The first kappa shape index (κ1) is 17.0. The number of carbonyl (C=O) groups is 1. The Bertz CT molecular complexity index is 601. The van der Waals surface area contributed by atoms with Gasteiger partial charge in [-0.1, -0.05) is 43.1 Å². The third-order valence-corrected chi connectivity index (χ3v) is 4.80. The maximum absolute atomic E-state index is 12.4. The van der Waals surface area contributed by atoms with Crippen LogP contribution in [0.2, 0.25) is 10.0 Å². The summed E-state index contributed by atoms with van der Waals surface area (Å²) in [6, 6.07) is 5.04. The second-order valence-corrected chi connectivity index (χ2v) is 6.41. The van der Waals surface area contributed by atoms with E-state index < -0.39 is 0 Å². The zero-order chi connectivity index (χ0) is 16.3. The molecule has 1 heterocycles. The van der Waals surface area contributed by atoms with Crippen LogP contribution in [-0.4, -0.2) is 11.6 Å². The number of benzene rings is 1. The van der Waals surface area contributed by atoms with Gasteiger partial charge in [-0.15, -0.1) is 6.58 Å². The predicted octanol–water partition coefficient (Wildman–Crippen LogP) is 5.47. The number of hydrogen-bond donors (Lipinski definition) is 0. The first-order valence-electron chi connectivity index (χ1n) is 7.43. The van der Waals surface area contributed by atoms with Crippen molar-refractivity contribution in [2.45, 2.75) is 39.5 Å². The fourth-order valence-electron chi connectivity index (χ4n) is 2.93. The summed E-state index contributed by atoms with van der Waals surface area (Å²) in [6.07, 6.45) is 4.90. The van der Waals surface area contributed by atoms with Crippen molar-refractivity contribution >= 4 is 40.5 Å². The third-order valence-electron chi connectivity index (χ3n) is 4.37. The first-order chi connectivity index (χ1) is 10.5. The van der Waals surface area contributed by atoms with E-state index in [1.165, 1.54) is 5.01 Å². The molecule has 0 aromatic heterocycles. The normalized spacial score (nSPS) is 15.2. The van der Waals surface area contributed by atoms with Gasteiger partial charge in [-0.05, 0) is 37.5 Å². The Hall–Kier alpha value is -1.32. The van der Waals surface area contributed by atoms with E-state index in [0.717, 1.165) is 25.0 Å². The quantitative estimate of drug-likeness (QED) is 0.633. The van der Waals surface area contributed by atoms with Crippen LogP contribution in [0.3, 0.4) is 0 Å². The Morgan fingerprint density at radius 2 is 1.86 bits per heavy atom. The van der Waals surface area contributed by atoms with E-state index in [9.17, 15) is 4.79 Å². The van der Waals surface area contributed by atoms with E-state index in [1.807, 2.05) is 6.08 Å². The van der Waals surface area contributed by atoms with Crippen LogP contribution < -0.4 is 5.01 Å². The summed E-state index contributed by atoms with van der Waals surface area (Å²) in [5.41, 5.74) is 1.42. The highest BCUT2D eigenvalue weighted by atomic mass is 35.5. The van der Waals surface area contributed by atoms with E-state index in [0.29, 0.717) is 22.2 Å². The van der Waals surface area contributed by atoms with Crippen LogP contribution >= 0.6 is 23.2 Å². The molecule has 0 bridgehead atoms. The molecule has 5 heteroatoms. The molecule has 0 radical (unpaired) electrons. The number of allylic oxidation sites excluding steroid dienone is 1. The van der Waals surface area contributed by atoms with Crippen LogP contribution in [-0.2, 0) is 4.79 Å². The van der Waals surface area contributed by atoms with Gasteiger partial charge in [0.05, 0.1) is 17.8 Å². The molecule has 1 aromatic rings. The predicted molar refractivity (Wildman–Crippen MR) is 93.8 cm³/mol. The average molecular weight is 339 g/mol. The fourth-order valence-corrected chi connectivity index (χ4v) is 3.44. The second-order valence-electron chi connectivity index (χ2n) is 5.54. The molecule has 0 aliphatic carbocycles. The molecule has 1 aliphatic heterocycles. The standard InChI is InChI=1S/C17H20Cl2N2O/c1-4-7-17(5-2,6-3)15-11-16(22)21(20-15)14-9-12(18)8-13(19)10-14/h4,8-10H,1,5-7,11H2,2-3H3. The third kappa shape index (κ3) is 3.21. The Kier molecular flexibility index (Phi) is 5.30. The van der Waals surface area contributed by atoms with Crippen molar-refractivity contribution in [2.24, 2.45) is 10.5 Å². The summed E-state index contributed by atoms with van der Waals surface area (Å²) >= 11 is 12.0. The summed E-state index contributed by atoms with van der Waals surface area (Å²) in [4.78, 5) is 12.4. The summed E-state index contributed by atoms with van der Waals surface area (Å²) < 4.78 is 0. The van der Waals surface area contributed by atoms with Crippen molar-refractivity contribution in [1.29, 1.82) is 0 Å². The molecule has 1 amide bonds. The van der Waals surface area contributed by atoms with Gasteiger partial charge in [0.2, 0.25) is 0 Å². The minimum atomic E-state index is -0.103. The highest BCUT2D eigenvalue weighted by Gasteiger charge is 2.38. The molecule has 118 valence electrons. The fraction of sp³-hybridized carbons (Fsp3) is 0.412. The Morgan fingerprint density at radius 1 is 1.27 bits per heavy atom. The number of anilines is 1. The van der Waals surface area contributed by atoms with E-state index in [2.05, 4.69) is 25.5 Å². The summed E-state index contributed by atoms with van der Waals surface area (Å²) in [5, 5.41) is 6.98. The lowest BCUT2D eigenvalue weighted by atomic mass is 9.74. The zero-order valence-electron chi connectivity index (χ0n) is 12.9. The topological polar surface area (TPSA) is 32.7 Å². The van der Waals surface area contributed by atoms with Gasteiger partial charge in [-0.2, -0.15) is 5.10 Å². The Labute approximate surface area is 141 Å². The van der Waals surface area contributed by atoms with Gasteiger partial charge in [-0.25, -0.2) is 5.01 Å². The minimum absolute atomic E-state index is 0.0522. The van der Waals surface area contributed by atoms with Crippen molar-refractivity contribution in [3.05, 3.63) is 40.9 Å². The summed E-state index contributed by atoms with van der Waals surface area (Å²) in [5.74, 6) is -0.0522. The van der Waals surface area contributed by atoms with Crippen molar-refractivity contribution in [3.63, 3.8) is 0 Å². The lowest BCUT2D eigenvalue weighted by molar-refractivity contribution is -0.116. The number of hydrazone groups is 1. The molecule has 22 heavy (non-hydrogen) atoms. The summed E-state index contributed by atoms with van der Waals surface area (Å²) in [6.45, 7) is 8.09. The van der Waals surface area contributed by atoms with Crippen molar-refractivity contribution < 1.29 is 4.79 Å². The largest absolute Gasteiger partial charge is 0.272 e. The van der Waals surface area contributed by atoms with Crippen LogP contribution in [0.15, 0.2) is 36.0 Å². The molecule has 2 rings (SSSR count). The zero-order valence-corrected chi connectivity index (χ0v) is 14.4. The number of nitrogens with zero attached hydrogens (tertiary/aromatic N) is 2. The van der Waals surface area contributed by atoms with Crippen LogP contribution in [0.25, 0.3) is 0 Å². The molecule has 0 unspecified atom stereocenters. The monoisotopic (exact) mass is 338 g/mol. The van der Waals surface area contributed by atoms with Gasteiger partial charge in [0.15, 0.2) is 0 Å². The molecule has 0 N–H and O–H groups in total. The molecular formula is C17H20Cl2N2O. The smallest absolute Gasteiger partial charge is 0.253 e. The van der Waals surface area contributed by atoms with Crippen molar-refractivity contribution in [1.82, 2.24) is 0 Å². The van der Waals surface area contributed by atoms with Gasteiger partial charge in [-0.3, -0.25) is 4.79 Å². The van der Waals surface area contributed by atoms with E-state index in [-0.39, 0.29) is 11.3 Å². The first-order valence-corrected chi connectivity index (χ1v) is 8.19. The maximum atomic E-state index is 12.4. The number of amides is 1. The molecule has 1 aliphatic rings. The highest BCUT2D eigenvalue weighted by Crippen LogP contribution is 2.38.